The number of likely N-dealkylation sites (N-methyl/N-ethyl adjacent to an activating group) is 1. The highest BCUT2D eigenvalue weighted by atomic mass is 32.1. The van der Waals surface area contributed by atoms with Crippen LogP contribution >= 0.6 is 11.3 Å². The number of aromatic nitrogens is 1. The van der Waals surface area contributed by atoms with Gasteiger partial charge in [-0.15, -0.1) is 11.3 Å². The number of nitrogens with zero attached hydrogens (tertiary/aromatic N) is 3. The molecule has 0 radical (unpaired) electrons. The van der Waals surface area contributed by atoms with Gasteiger partial charge in [-0.3, -0.25) is 9.59 Å². The number of anilines is 2. The number of hydrogen-bond acceptors (Lipinski definition) is 8. The van der Waals surface area contributed by atoms with Gasteiger partial charge in [0.25, 0.3) is 11.8 Å². The molecule has 0 aliphatic carbocycles. The summed E-state index contributed by atoms with van der Waals surface area (Å²) in [6, 6.07) is 5.74. The summed E-state index contributed by atoms with van der Waals surface area (Å²) in [5, 5.41) is 8.35. The molecule has 2 amide bonds. The van der Waals surface area contributed by atoms with Gasteiger partial charge in [-0.1, -0.05) is 6.07 Å². The Morgan fingerprint density at radius 2 is 2.03 bits per heavy atom. The third-order valence-electron chi connectivity index (χ3n) is 6.46. The number of methoxy groups -OCH3 is 2. The Bertz CT molecular complexity index is 1010. The van der Waals surface area contributed by atoms with Crippen molar-refractivity contribution in [3.63, 3.8) is 0 Å². The van der Waals surface area contributed by atoms with Crippen LogP contribution < -0.4 is 15.5 Å². The number of thiazole rings is 1. The molecule has 3 heterocycles. The van der Waals surface area contributed by atoms with E-state index < -0.39 is 0 Å². The van der Waals surface area contributed by atoms with Crippen molar-refractivity contribution in [3.05, 3.63) is 40.4 Å². The Morgan fingerprint density at radius 3 is 2.74 bits per heavy atom. The fourth-order valence-electron chi connectivity index (χ4n) is 4.48. The fourth-order valence-corrected chi connectivity index (χ4v) is 5.32. The quantitative estimate of drug-likeness (QED) is 0.525. The molecule has 1 aromatic heterocycles. The van der Waals surface area contributed by atoms with Crippen LogP contribution in [0.15, 0.2) is 23.6 Å². The van der Waals surface area contributed by atoms with Gasteiger partial charge in [0, 0.05) is 45.8 Å². The van der Waals surface area contributed by atoms with E-state index in [1.165, 1.54) is 11.3 Å². The molecule has 34 heavy (non-hydrogen) atoms. The molecule has 0 spiro atoms. The van der Waals surface area contributed by atoms with E-state index in [1.807, 2.05) is 18.2 Å². The van der Waals surface area contributed by atoms with E-state index in [-0.39, 0.29) is 17.9 Å². The Labute approximate surface area is 204 Å². The summed E-state index contributed by atoms with van der Waals surface area (Å²) in [7, 11) is 5.41. The second kappa shape index (κ2) is 11.3. The predicted octanol–water partition coefficient (Wildman–Crippen LogP) is 2.42. The molecular weight excluding hydrogens is 454 g/mol. The highest BCUT2D eigenvalue weighted by molar-refractivity contribution is 7.14. The van der Waals surface area contributed by atoms with E-state index in [0.717, 1.165) is 49.7 Å². The molecule has 0 bridgehead atoms. The third-order valence-corrected chi connectivity index (χ3v) is 7.37. The normalized spacial score (nSPS) is 20.6. The first kappa shape index (κ1) is 24.6. The lowest BCUT2D eigenvalue weighted by Gasteiger charge is -2.16. The minimum absolute atomic E-state index is 0.193. The monoisotopic (exact) mass is 487 g/mol. The number of carbonyl (C=O) groups is 2. The van der Waals surface area contributed by atoms with E-state index in [9.17, 15) is 9.59 Å². The summed E-state index contributed by atoms with van der Waals surface area (Å²) in [6.45, 7) is 4.44. The van der Waals surface area contributed by atoms with Crippen molar-refractivity contribution in [1.82, 2.24) is 15.2 Å². The van der Waals surface area contributed by atoms with Crippen LogP contribution in [0.1, 0.15) is 45.2 Å². The first-order valence-corrected chi connectivity index (χ1v) is 12.5. The van der Waals surface area contributed by atoms with Crippen molar-refractivity contribution < 1.29 is 19.1 Å². The van der Waals surface area contributed by atoms with Gasteiger partial charge in [-0.25, -0.2) is 4.98 Å². The van der Waals surface area contributed by atoms with E-state index >= 15 is 0 Å². The lowest BCUT2D eigenvalue weighted by Crippen LogP contribution is -2.28. The molecule has 4 rings (SSSR count). The second-order valence-electron chi connectivity index (χ2n) is 8.86. The lowest BCUT2D eigenvalue weighted by molar-refractivity contribution is 0.0938. The minimum atomic E-state index is -0.329. The van der Waals surface area contributed by atoms with Crippen LogP contribution in [-0.4, -0.2) is 88.4 Å². The molecule has 10 heteroatoms. The van der Waals surface area contributed by atoms with Gasteiger partial charge in [-0.05, 0) is 50.0 Å². The number of ether oxygens (including phenoxy) is 2. The molecule has 2 N–H and O–H groups in total. The Hall–Kier alpha value is -2.53. The van der Waals surface area contributed by atoms with Gasteiger partial charge in [0.05, 0.1) is 24.0 Å². The van der Waals surface area contributed by atoms with Crippen LogP contribution in [0.3, 0.4) is 0 Å². The second-order valence-corrected chi connectivity index (χ2v) is 9.70. The molecule has 2 saturated heterocycles. The maximum atomic E-state index is 13.0. The van der Waals surface area contributed by atoms with Crippen molar-refractivity contribution in [3.8, 4) is 0 Å². The maximum Gasteiger partial charge on any atom is 0.275 e. The van der Waals surface area contributed by atoms with Crippen LogP contribution in [0, 0.1) is 0 Å². The summed E-state index contributed by atoms with van der Waals surface area (Å²) in [5.74, 6) is -0.191. The standard InChI is InChI=1S/C24H33N5O4S/c1-28-9-6-17(13-28)16-4-5-20(19(12-16)22(30)25-8-11-32-2)26-23(31)21-15-34-24(27-21)29-10-7-18(14-29)33-3/h4-5,12,15,17-18H,6-11,13-14H2,1-3H3,(H,25,30)(H,26,31)/t17?,18-/m0/s1. The van der Waals surface area contributed by atoms with Crippen molar-refractivity contribution in [1.29, 1.82) is 0 Å². The summed E-state index contributed by atoms with van der Waals surface area (Å²) in [5.41, 5.74) is 2.38. The lowest BCUT2D eigenvalue weighted by atomic mass is 9.95. The highest BCUT2D eigenvalue weighted by Gasteiger charge is 2.26. The Morgan fingerprint density at radius 1 is 1.18 bits per heavy atom. The minimum Gasteiger partial charge on any atom is -0.383 e. The number of rotatable bonds is 9. The maximum absolute atomic E-state index is 13.0. The number of benzene rings is 1. The fraction of sp³-hybridized carbons (Fsp3) is 0.542. The average molecular weight is 488 g/mol. The van der Waals surface area contributed by atoms with Crippen LogP contribution in [0.25, 0.3) is 0 Å². The van der Waals surface area contributed by atoms with Crippen molar-refractivity contribution >= 4 is 34.0 Å². The van der Waals surface area contributed by atoms with Crippen LogP contribution in [0.2, 0.25) is 0 Å². The first-order valence-electron chi connectivity index (χ1n) is 11.6. The number of likely N-dealkylation sites (tertiary alicyclic amines) is 1. The Balaban J connectivity index is 1.50. The molecule has 1 aromatic carbocycles. The smallest absolute Gasteiger partial charge is 0.275 e. The van der Waals surface area contributed by atoms with Gasteiger partial charge in [-0.2, -0.15) is 0 Å². The number of hydrogen-bond donors (Lipinski definition) is 2. The molecule has 2 fully saturated rings. The summed E-state index contributed by atoms with van der Waals surface area (Å²) >= 11 is 1.44. The SMILES string of the molecule is COCCNC(=O)c1cc(C2CCN(C)C2)ccc1NC(=O)c1csc(N2CC[C@H](OC)C2)n1. The first-order chi connectivity index (χ1) is 16.5. The molecule has 2 aromatic rings. The summed E-state index contributed by atoms with van der Waals surface area (Å²) in [6.07, 6.45) is 2.19. The molecule has 0 saturated carbocycles. The largest absolute Gasteiger partial charge is 0.383 e. The average Bonchev–Trinajstić information content (AvgIpc) is 3.59. The molecule has 2 aliphatic rings. The number of carbonyl (C=O) groups excluding carboxylic acids is 2. The van der Waals surface area contributed by atoms with Crippen LogP contribution in [0.4, 0.5) is 10.8 Å². The van der Waals surface area contributed by atoms with Crippen molar-refractivity contribution in [2.45, 2.75) is 24.9 Å². The summed E-state index contributed by atoms with van der Waals surface area (Å²) in [4.78, 5) is 34.9. The van der Waals surface area contributed by atoms with Gasteiger partial charge in [0.15, 0.2) is 5.13 Å². The molecule has 9 nitrogen and oxygen atoms in total. The summed E-state index contributed by atoms with van der Waals surface area (Å²) < 4.78 is 10.5. The topological polar surface area (TPSA) is 96.0 Å². The number of nitrogens with one attached hydrogen (secondary N) is 2. The van der Waals surface area contributed by atoms with Gasteiger partial charge in [0.1, 0.15) is 5.69 Å². The van der Waals surface area contributed by atoms with Gasteiger partial charge < -0.3 is 29.9 Å². The molecule has 2 aliphatic heterocycles. The van der Waals surface area contributed by atoms with Crippen LogP contribution in [0.5, 0.6) is 0 Å². The van der Waals surface area contributed by atoms with Gasteiger partial charge >= 0.3 is 0 Å². The zero-order chi connectivity index (χ0) is 24.1. The highest BCUT2D eigenvalue weighted by Crippen LogP contribution is 2.30. The zero-order valence-corrected chi connectivity index (χ0v) is 20.8. The van der Waals surface area contributed by atoms with E-state index in [2.05, 4.69) is 32.5 Å². The third kappa shape index (κ3) is 5.75. The number of amides is 2. The molecule has 2 atom stereocenters. The van der Waals surface area contributed by atoms with Gasteiger partial charge in [0.2, 0.25) is 0 Å². The van der Waals surface area contributed by atoms with Crippen molar-refractivity contribution in [2.24, 2.45) is 0 Å². The Kier molecular flexibility index (Phi) is 8.15. The molecular formula is C24H33N5O4S. The molecule has 1 unspecified atom stereocenters. The predicted molar refractivity (Wildman–Crippen MR) is 133 cm³/mol. The van der Waals surface area contributed by atoms with Crippen molar-refractivity contribution in [2.75, 3.05) is 70.8 Å². The molecule has 184 valence electrons. The van der Waals surface area contributed by atoms with E-state index in [1.54, 1.807) is 19.6 Å². The zero-order valence-electron chi connectivity index (χ0n) is 20.0. The van der Waals surface area contributed by atoms with Crippen LogP contribution in [-0.2, 0) is 9.47 Å². The van der Waals surface area contributed by atoms with E-state index in [0.29, 0.717) is 36.0 Å². The van der Waals surface area contributed by atoms with E-state index in [4.69, 9.17) is 9.47 Å².